The molecule has 1 N–H and O–H groups in total. The second-order valence-corrected chi connectivity index (χ2v) is 5.19. The summed E-state index contributed by atoms with van der Waals surface area (Å²) in [7, 11) is 0. The second-order valence-electron chi connectivity index (χ2n) is 4.22. The number of aryl methyl sites for hydroxylation is 1. The van der Waals surface area contributed by atoms with Crippen LogP contribution in [-0.4, -0.2) is 28.6 Å². The molecule has 19 heavy (non-hydrogen) atoms. The van der Waals surface area contributed by atoms with Gasteiger partial charge in [-0.1, -0.05) is 42.1 Å². The Morgan fingerprint density at radius 2 is 2.16 bits per heavy atom. The van der Waals surface area contributed by atoms with Gasteiger partial charge in [0.1, 0.15) is 6.26 Å². The fourth-order valence-corrected chi connectivity index (χ4v) is 2.26. The lowest BCUT2D eigenvalue weighted by Gasteiger charge is -2.09. The van der Waals surface area contributed by atoms with Crippen LogP contribution in [0.15, 0.2) is 46.2 Å². The third kappa shape index (κ3) is 5.06. The zero-order valence-electron chi connectivity index (χ0n) is 10.8. The molecule has 102 valence electrons. The molecule has 0 bridgehead atoms. The number of aliphatic hydroxyl groups excluding tert-OH is 1. The van der Waals surface area contributed by atoms with Crippen molar-refractivity contribution in [3.63, 3.8) is 0 Å². The normalized spacial score (nSPS) is 12.5. The molecule has 0 saturated carbocycles. The number of benzene rings is 1. The highest BCUT2D eigenvalue weighted by molar-refractivity contribution is 7.99. The lowest BCUT2D eigenvalue weighted by atomic mass is 10.2. The molecule has 1 atom stereocenters. The van der Waals surface area contributed by atoms with Crippen LogP contribution in [0.25, 0.3) is 0 Å². The molecule has 0 fully saturated rings. The second kappa shape index (κ2) is 7.33. The first-order chi connectivity index (χ1) is 9.24. The number of oxazole rings is 1. The molecule has 2 aromatic rings. The van der Waals surface area contributed by atoms with E-state index in [1.807, 2.05) is 37.3 Å². The fourth-order valence-electron chi connectivity index (χ4n) is 1.50. The van der Waals surface area contributed by atoms with Crippen LogP contribution in [0.5, 0.6) is 0 Å². The van der Waals surface area contributed by atoms with Crippen molar-refractivity contribution in [1.82, 2.24) is 4.98 Å². The van der Waals surface area contributed by atoms with E-state index in [0.29, 0.717) is 24.2 Å². The lowest BCUT2D eigenvalue weighted by Crippen LogP contribution is -2.17. The molecule has 0 aliphatic heterocycles. The number of hydrogen-bond acceptors (Lipinski definition) is 5. The molecular formula is C14H17NO3S. The molecule has 5 heteroatoms. The number of aliphatic hydroxyl groups is 1. The Labute approximate surface area is 116 Å². The van der Waals surface area contributed by atoms with Gasteiger partial charge >= 0.3 is 0 Å². The summed E-state index contributed by atoms with van der Waals surface area (Å²) in [6.45, 7) is 2.69. The Balaban J connectivity index is 1.63. The van der Waals surface area contributed by atoms with Gasteiger partial charge in [-0.2, -0.15) is 0 Å². The molecule has 1 aromatic heterocycles. The molecule has 0 aliphatic rings. The molecule has 1 aromatic carbocycles. The number of ether oxygens (including phenoxy) is 1. The highest BCUT2D eigenvalue weighted by Gasteiger charge is 2.08. The predicted molar refractivity (Wildman–Crippen MR) is 74.1 cm³/mol. The van der Waals surface area contributed by atoms with Crippen LogP contribution in [0, 0.1) is 6.92 Å². The molecule has 1 unspecified atom stereocenters. The minimum Gasteiger partial charge on any atom is -0.440 e. The maximum Gasteiger partial charge on any atom is 0.255 e. The van der Waals surface area contributed by atoms with Crippen LogP contribution in [0.1, 0.15) is 11.3 Å². The van der Waals surface area contributed by atoms with Gasteiger partial charge in [-0.25, -0.2) is 4.98 Å². The van der Waals surface area contributed by atoms with Gasteiger partial charge in [0.2, 0.25) is 0 Å². The Bertz CT molecular complexity index is 486. The molecule has 1 heterocycles. The van der Waals surface area contributed by atoms with Gasteiger partial charge in [0.05, 0.1) is 25.0 Å². The van der Waals surface area contributed by atoms with E-state index < -0.39 is 6.10 Å². The minimum atomic E-state index is -0.527. The Morgan fingerprint density at radius 3 is 2.84 bits per heavy atom. The molecule has 0 amide bonds. The molecular weight excluding hydrogens is 262 g/mol. The molecule has 0 aliphatic carbocycles. The Morgan fingerprint density at radius 1 is 1.37 bits per heavy atom. The smallest absolute Gasteiger partial charge is 0.255 e. The first kappa shape index (κ1) is 14.1. The van der Waals surface area contributed by atoms with E-state index in [9.17, 15) is 5.11 Å². The number of thioether (sulfide) groups is 1. The van der Waals surface area contributed by atoms with Crippen molar-refractivity contribution in [3.05, 3.63) is 47.9 Å². The summed E-state index contributed by atoms with van der Waals surface area (Å²) in [6.07, 6.45) is 1.07. The average molecular weight is 279 g/mol. The summed E-state index contributed by atoms with van der Waals surface area (Å²) < 4.78 is 10.6. The van der Waals surface area contributed by atoms with E-state index >= 15 is 0 Å². The van der Waals surface area contributed by atoms with Crippen LogP contribution in [0.3, 0.4) is 0 Å². The first-order valence-corrected chi connectivity index (χ1v) is 7.07. The summed E-state index contributed by atoms with van der Waals surface area (Å²) in [6, 6.07) is 9.90. The van der Waals surface area contributed by atoms with E-state index in [1.165, 1.54) is 11.8 Å². The van der Waals surface area contributed by atoms with Gasteiger partial charge in [0.25, 0.3) is 5.22 Å². The van der Waals surface area contributed by atoms with Crippen molar-refractivity contribution >= 4 is 11.8 Å². The van der Waals surface area contributed by atoms with E-state index in [1.54, 1.807) is 6.26 Å². The molecule has 2 rings (SSSR count). The quantitative estimate of drug-likeness (QED) is 0.790. The predicted octanol–water partition coefficient (Wildman–Crippen LogP) is 2.65. The van der Waals surface area contributed by atoms with Crippen LogP contribution in [0.4, 0.5) is 0 Å². The SMILES string of the molecule is Cc1coc(SCC(O)COCc2ccccc2)n1. The van der Waals surface area contributed by atoms with E-state index in [2.05, 4.69) is 4.98 Å². The Kier molecular flexibility index (Phi) is 5.44. The average Bonchev–Trinajstić information content (AvgIpc) is 2.83. The molecule has 4 nitrogen and oxygen atoms in total. The lowest BCUT2D eigenvalue weighted by molar-refractivity contribution is 0.0397. The summed E-state index contributed by atoms with van der Waals surface area (Å²) >= 11 is 1.39. The third-order valence-electron chi connectivity index (χ3n) is 2.42. The molecule has 0 saturated heterocycles. The topological polar surface area (TPSA) is 55.5 Å². The monoisotopic (exact) mass is 279 g/mol. The molecule has 0 spiro atoms. The summed E-state index contributed by atoms with van der Waals surface area (Å²) in [5, 5.41) is 10.4. The summed E-state index contributed by atoms with van der Waals surface area (Å²) in [5.74, 6) is 0.509. The van der Waals surface area contributed by atoms with E-state index in [-0.39, 0.29) is 0 Å². The number of aromatic nitrogens is 1. The maximum atomic E-state index is 9.78. The van der Waals surface area contributed by atoms with Crippen LogP contribution < -0.4 is 0 Å². The van der Waals surface area contributed by atoms with Gasteiger partial charge in [0.15, 0.2) is 0 Å². The summed E-state index contributed by atoms with van der Waals surface area (Å²) in [4.78, 5) is 4.15. The van der Waals surface area contributed by atoms with Crippen molar-refractivity contribution in [2.75, 3.05) is 12.4 Å². The standard InChI is InChI=1S/C14H17NO3S/c1-11-7-18-14(15-11)19-10-13(16)9-17-8-12-5-3-2-4-6-12/h2-7,13,16H,8-10H2,1H3. The number of rotatable bonds is 7. The number of nitrogens with zero attached hydrogens (tertiary/aromatic N) is 1. The van der Waals surface area contributed by atoms with Crippen molar-refractivity contribution in [2.24, 2.45) is 0 Å². The highest BCUT2D eigenvalue weighted by atomic mass is 32.2. The van der Waals surface area contributed by atoms with Gasteiger partial charge in [0, 0.05) is 5.75 Å². The zero-order valence-corrected chi connectivity index (χ0v) is 11.6. The van der Waals surface area contributed by atoms with E-state index in [0.717, 1.165) is 11.3 Å². The van der Waals surface area contributed by atoms with Gasteiger partial charge in [-0.3, -0.25) is 0 Å². The van der Waals surface area contributed by atoms with Crippen molar-refractivity contribution in [2.45, 2.75) is 24.9 Å². The maximum absolute atomic E-state index is 9.78. The minimum absolute atomic E-state index is 0.307. The molecule has 0 radical (unpaired) electrons. The zero-order chi connectivity index (χ0) is 13.5. The van der Waals surface area contributed by atoms with Crippen molar-refractivity contribution in [1.29, 1.82) is 0 Å². The van der Waals surface area contributed by atoms with Crippen molar-refractivity contribution < 1.29 is 14.3 Å². The Hall–Kier alpha value is -1.30. The van der Waals surface area contributed by atoms with Gasteiger partial charge < -0.3 is 14.3 Å². The highest BCUT2D eigenvalue weighted by Crippen LogP contribution is 2.17. The van der Waals surface area contributed by atoms with Crippen LogP contribution in [0.2, 0.25) is 0 Å². The number of hydrogen-bond donors (Lipinski definition) is 1. The van der Waals surface area contributed by atoms with Crippen LogP contribution in [-0.2, 0) is 11.3 Å². The van der Waals surface area contributed by atoms with Gasteiger partial charge in [-0.05, 0) is 12.5 Å². The van der Waals surface area contributed by atoms with Crippen LogP contribution >= 0.6 is 11.8 Å². The largest absolute Gasteiger partial charge is 0.440 e. The fraction of sp³-hybridized carbons (Fsp3) is 0.357. The summed E-state index contributed by atoms with van der Waals surface area (Å²) in [5.41, 5.74) is 1.95. The van der Waals surface area contributed by atoms with E-state index in [4.69, 9.17) is 9.15 Å². The van der Waals surface area contributed by atoms with Gasteiger partial charge in [-0.15, -0.1) is 0 Å². The first-order valence-electron chi connectivity index (χ1n) is 6.08. The van der Waals surface area contributed by atoms with Crippen molar-refractivity contribution in [3.8, 4) is 0 Å². The third-order valence-corrected chi connectivity index (χ3v) is 3.40.